The van der Waals surface area contributed by atoms with E-state index in [2.05, 4.69) is 10.2 Å². The Bertz CT molecular complexity index is 581. The number of hydrogen-bond acceptors (Lipinski definition) is 4. The summed E-state index contributed by atoms with van der Waals surface area (Å²) >= 11 is 0. The van der Waals surface area contributed by atoms with Crippen LogP contribution in [0.15, 0.2) is 58.7 Å². The molecule has 0 heterocycles. The maximum absolute atomic E-state index is 5.64. The minimum atomic E-state index is 0. The summed E-state index contributed by atoms with van der Waals surface area (Å²) in [6.07, 6.45) is 0. The first kappa shape index (κ1) is 16.0. The van der Waals surface area contributed by atoms with Crippen LogP contribution in [0.3, 0.4) is 0 Å². The molecular weight excluding hydrogens is 264 g/mol. The second-order valence-electron chi connectivity index (χ2n) is 4.18. The quantitative estimate of drug-likeness (QED) is 0.291. The molecular formula is C15H20N6. The van der Waals surface area contributed by atoms with Crippen molar-refractivity contribution in [3.8, 4) is 11.1 Å². The van der Waals surface area contributed by atoms with Crippen LogP contribution < -0.4 is 23.2 Å². The van der Waals surface area contributed by atoms with Crippen molar-refractivity contribution in [1.29, 1.82) is 0 Å². The first-order valence-corrected chi connectivity index (χ1v) is 5.93. The molecule has 0 fully saturated rings. The van der Waals surface area contributed by atoms with Crippen LogP contribution in [0.4, 0.5) is 0 Å². The summed E-state index contributed by atoms with van der Waals surface area (Å²) < 4.78 is 0. The Labute approximate surface area is 124 Å². The molecule has 0 spiro atoms. The zero-order valence-electron chi connectivity index (χ0n) is 10.8. The van der Waals surface area contributed by atoms with Gasteiger partial charge < -0.3 is 23.2 Å². The van der Waals surface area contributed by atoms with Crippen molar-refractivity contribution in [3.05, 3.63) is 59.7 Å². The summed E-state index contributed by atoms with van der Waals surface area (Å²) in [6.45, 7) is 0. The van der Waals surface area contributed by atoms with Gasteiger partial charge in [0.15, 0.2) is 0 Å². The highest BCUT2D eigenvalue weighted by atomic mass is 15.2. The molecule has 0 aromatic heterocycles. The highest BCUT2D eigenvalue weighted by Crippen LogP contribution is 2.20. The Hall–Kier alpha value is -3.02. The van der Waals surface area contributed by atoms with Crippen molar-refractivity contribution in [3.63, 3.8) is 0 Å². The van der Waals surface area contributed by atoms with Gasteiger partial charge in [-0.15, -0.1) is 0 Å². The van der Waals surface area contributed by atoms with Crippen molar-refractivity contribution < 1.29 is 0 Å². The topological polar surface area (TPSA) is 129 Å². The first-order valence-electron chi connectivity index (χ1n) is 5.93. The van der Waals surface area contributed by atoms with Crippen LogP contribution in [0.1, 0.15) is 18.6 Å². The van der Waals surface area contributed by atoms with Crippen LogP contribution in [0.25, 0.3) is 11.1 Å². The van der Waals surface area contributed by atoms with Crippen LogP contribution in [-0.4, -0.2) is 11.7 Å². The molecule has 6 heteroatoms. The minimum Gasteiger partial charge on any atom is -0.382 e. The predicted octanol–water partition coefficient (Wildman–Crippen LogP) is 1.15. The molecule has 110 valence electrons. The maximum atomic E-state index is 5.64. The van der Waals surface area contributed by atoms with E-state index in [-0.39, 0.29) is 7.43 Å². The molecule has 0 saturated carbocycles. The smallest absolute Gasteiger partial charge is 0.150 e. The summed E-state index contributed by atoms with van der Waals surface area (Å²) in [7, 11) is 0. The van der Waals surface area contributed by atoms with Gasteiger partial charge in [-0.3, -0.25) is 0 Å². The third kappa shape index (κ3) is 3.50. The van der Waals surface area contributed by atoms with E-state index in [0.29, 0.717) is 11.7 Å². The normalized spacial score (nSPS) is 11.8. The zero-order valence-corrected chi connectivity index (χ0v) is 10.8. The van der Waals surface area contributed by atoms with Crippen LogP contribution >= 0.6 is 0 Å². The van der Waals surface area contributed by atoms with Crippen molar-refractivity contribution >= 4 is 11.7 Å². The van der Waals surface area contributed by atoms with Gasteiger partial charge in [-0.05, 0) is 11.1 Å². The maximum Gasteiger partial charge on any atom is 0.150 e. The lowest BCUT2D eigenvalue weighted by Gasteiger charge is -2.05. The predicted molar refractivity (Wildman–Crippen MR) is 88.4 cm³/mol. The molecule has 0 amide bonds. The van der Waals surface area contributed by atoms with Gasteiger partial charge in [0.2, 0.25) is 0 Å². The highest BCUT2D eigenvalue weighted by Gasteiger charge is 2.02. The van der Waals surface area contributed by atoms with Gasteiger partial charge in [-0.1, -0.05) is 56.0 Å². The van der Waals surface area contributed by atoms with E-state index in [9.17, 15) is 0 Å². The molecule has 2 aromatic carbocycles. The molecule has 0 unspecified atom stereocenters. The summed E-state index contributed by atoms with van der Waals surface area (Å²) in [6, 6.07) is 15.3. The molecule has 0 bridgehead atoms. The number of hydrogen-bond donors (Lipinski definition) is 4. The lowest BCUT2D eigenvalue weighted by atomic mass is 10.0. The van der Waals surface area contributed by atoms with Gasteiger partial charge in [0.05, 0.1) is 0 Å². The first-order chi connectivity index (χ1) is 9.65. The lowest BCUT2D eigenvalue weighted by Crippen LogP contribution is -2.15. The van der Waals surface area contributed by atoms with E-state index in [1.54, 1.807) is 0 Å². The lowest BCUT2D eigenvalue weighted by molar-refractivity contribution is 1.23. The molecule has 0 aliphatic carbocycles. The molecule has 6 nitrogen and oxygen atoms in total. The molecule has 0 atom stereocenters. The summed E-state index contributed by atoms with van der Waals surface area (Å²) in [5.41, 5.74) is 14.9. The standard InChI is InChI=1S/C14H16N6.CH4/c15-13(19-17)11-5-1-9(2-6-11)10-3-7-12(8-4-10)14(16)20-18;/h1-8H,17-18H2,(H2,15,19)(H2,16,20);1H4. The number of hydrazone groups is 2. The van der Waals surface area contributed by atoms with Gasteiger partial charge in [-0.2, -0.15) is 10.2 Å². The van der Waals surface area contributed by atoms with Crippen LogP contribution in [0.5, 0.6) is 0 Å². The summed E-state index contributed by atoms with van der Waals surface area (Å²) in [4.78, 5) is 0. The molecule has 0 aliphatic heterocycles. The van der Waals surface area contributed by atoms with Crippen LogP contribution in [0.2, 0.25) is 0 Å². The summed E-state index contributed by atoms with van der Waals surface area (Å²) in [5.74, 6) is 10.9. The SMILES string of the molecule is C.NN=C(N)c1ccc(-c2ccc(C(N)=NN)cc2)cc1. The number of amidine groups is 2. The van der Waals surface area contributed by atoms with E-state index >= 15 is 0 Å². The third-order valence-corrected chi connectivity index (χ3v) is 2.97. The second-order valence-corrected chi connectivity index (χ2v) is 4.18. The Morgan fingerprint density at radius 1 is 0.619 bits per heavy atom. The van der Waals surface area contributed by atoms with Crippen molar-refractivity contribution in [1.82, 2.24) is 0 Å². The number of rotatable bonds is 3. The molecule has 8 N–H and O–H groups in total. The molecule has 21 heavy (non-hydrogen) atoms. The molecule has 0 saturated heterocycles. The molecule has 0 radical (unpaired) electrons. The fraction of sp³-hybridized carbons (Fsp3) is 0.0667. The van der Waals surface area contributed by atoms with Crippen LogP contribution in [-0.2, 0) is 0 Å². The number of benzene rings is 2. The fourth-order valence-corrected chi connectivity index (χ4v) is 1.82. The molecule has 2 aromatic rings. The van der Waals surface area contributed by atoms with Crippen molar-refractivity contribution in [2.24, 2.45) is 33.4 Å². The van der Waals surface area contributed by atoms with Gasteiger partial charge in [-0.25, -0.2) is 0 Å². The number of nitrogens with zero attached hydrogens (tertiary/aromatic N) is 2. The zero-order chi connectivity index (χ0) is 14.5. The minimum absolute atomic E-state index is 0. The average molecular weight is 284 g/mol. The monoisotopic (exact) mass is 284 g/mol. The number of nitrogens with two attached hydrogens (primary N) is 4. The average Bonchev–Trinajstić information content (AvgIpc) is 2.53. The summed E-state index contributed by atoms with van der Waals surface area (Å²) in [5, 5.41) is 6.91. The molecule has 2 rings (SSSR count). The van der Waals surface area contributed by atoms with E-state index in [4.69, 9.17) is 23.2 Å². The van der Waals surface area contributed by atoms with E-state index in [0.717, 1.165) is 22.3 Å². The molecule has 0 aliphatic rings. The van der Waals surface area contributed by atoms with E-state index in [1.165, 1.54) is 0 Å². The largest absolute Gasteiger partial charge is 0.382 e. The van der Waals surface area contributed by atoms with Gasteiger partial charge in [0.1, 0.15) is 11.7 Å². The second kappa shape index (κ2) is 6.95. The van der Waals surface area contributed by atoms with Crippen molar-refractivity contribution in [2.45, 2.75) is 7.43 Å². The Balaban J connectivity index is 0.00000220. The van der Waals surface area contributed by atoms with E-state index < -0.39 is 0 Å². The van der Waals surface area contributed by atoms with Gasteiger partial charge in [0.25, 0.3) is 0 Å². The fourth-order valence-electron chi connectivity index (χ4n) is 1.82. The third-order valence-electron chi connectivity index (χ3n) is 2.97. The van der Waals surface area contributed by atoms with E-state index in [1.807, 2.05) is 48.5 Å². The Morgan fingerprint density at radius 3 is 1.14 bits per heavy atom. The van der Waals surface area contributed by atoms with Crippen molar-refractivity contribution in [2.75, 3.05) is 0 Å². The van der Waals surface area contributed by atoms with Gasteiger partial charge in [0, 0.05) is 11.1 Å². The van der Waals surface area contributed by atoms with Crippen LogP contribution in [0, 0.1) is 0 Å². The Kier molecular flexibility index (Phi) is 5.31. The van der Waals surface area contributed by atoms with Gasteiger partial charge >= 0.3 is 0 Å². The Morgan fingerprint density at radius 2 is 0.905 bits per heavy atom. The highest BCUT2D eigenvalue weighted by molar-refractivity contribution is 5.98.